The normalized spacial score (nSPS) is 21.7. The molecule has 0 bridgehead atoms. The molecule has 24 heavy (non-hydrogen) atoms. The van der Waals surface area contributed by atoms with E-state index in [2.05, 4.69) is 62.8 Å². The van der Waals surface area contributed by atoms with Crippen LogP contribution in [-0.2, 0) is 0 Å². The molecule has 6 heteroatoms. The van der Waals surface area contributed by atoms with Crippen LogP contribution in [0.1, 0.15) is 25.0 Å². The minimum atomic E-state index is 1.27. The second kappa shape index (κ2) is 8.78. The van der Waals surface area contributed by atoms with E-state index in [-0.39, 0.29) is 0 Å². The first-order chi connectivity index (χ1) is 11.6. The molecule has 0 fully saturated rings. The van der Waals surface area contributed by atoms with Gasteiger partial charge in [-0.3, -0.25) is 0 Å². The van der Waals surface area contributed by atoms with Crippen molar-refractivity contribution in [1.29, 1.82) is 0 Å². The van der Waals surface area contributed by atoms with Gasteiger partial charge in [0.15, 0.2) is 0 Å². The minimum Gasteiger partial charge on any atom is -0.122 e. The molecule has 0 spiro atoms. The van der Waals surface area contributed by atoms with Gasteiger partial charge in [-0.05, 0) is 49.6 Å². The largest absolute Gasteiger partial charge is 0.122 e. The van der Waals surface area contributed by atoms with E-state index in [1.807, 2.05) is 70.6 Å². The molecule has 0 N–H and O–H groups in total. The highest BCUT2D eigenvalue weighted by molar-refractivity contribution is 8.36. The molecule has 0 saturated carbocycles. The molecule has 0 aliphatic carbocycles. The van der Waals surface area contributed by atoms with E-state index in [1.165, 1.54) is 37.9 Å². The second-order valence-corrected chi connectivity index (χ2v) is 12.4. The van der Waals surface area contributed by atoms with Crippen LogP contribution < -0.4 is 0 Å². The van der Waals surface area contributed by atoms with Gasteiger partial charge in [-0.15, -0.1) is 23.5 Å². The number of hydrogen-bond donors (Lipinski definition) is 0. The summed E-state index contributed by atoms with van der Waals surface area (Å²) in [7, 11) is 0. The number of thioether (sulfide) groups is 6. The van der Waals surface area contributed by atoms with E-state index in [9.17, 15) is 0 Å². The molecule has 2 aliphatic rings. The van der Waals surface area contributed by atoms with Crippen LogP contribution in [0.25, 0.3) is 12.2 Å². The van der Waals surface area contributed by atoms with Gasteiger partial charge < -0.3 is 0 Å². The van der Waals surface area contributed by atoms with Gasteiger partial charge in [0, 0.05) is 9.81 Å². The lowest BCUT2D eigenvalue weighted by atomic mass is 10.1. The van der Waals surface area contributed by atoms with Gasteiger partial charge in [-0.25, -0.2) is 0 Å². The Bertz CT molecular complexity index is 687. The van der Waals surface area contributed by atoms with Crippen LogP contribution in [0, 0.1) is 0 Å². The zero-order valence-electron chi connectivity index (χ0n) is 13.9. The minimum absolute atomic E-state index is 1.27. The highest BCUT2D eigenvalue weighted by Crippen LogP contribution is 2.54. The maximum atomic E-state index is 2.29. The van der Waals surface area contributed by atoms with Crippen LogP contribution in [0.5, 0.6) is 0 Å². The number of rotatable bonds is 4. The number of hydrogen-bond acceptors (Lipinski definition) is 6. The summed E-state index contributed by atoms with van der Waals surface area (Å²) < 4.78 is 5.59. The SMILES string of the molecule is CSC1=C(C)SC(=Cc2ccc(C=C3SC(C)=C(SC)S3)cc2)S1. The van der Waals surface area contributed by atoms with Crippen molar-refractivity contribution in [2.24, 2.45) is 0 Å². The fourth-order valence-electron chi connectivity index (χ4n) is 2.20. The van der Waals surface area contributed by atoms with E-state index < -0.39 is 0 Å². The van der Waals surface area contributed by atoms with Gasteiger partial charge in [0.2, 0.25) is 0 Å². The zero-order chi connectivity index (χ0) is 17.1. The lowest BCUT2D eigenvalue weighted by molar-refractivity contribution is 1.62. The summed E-state index contributed by atoms with van der Waals surface area (Å²) in [6, 6.07) is 8.86. The van der Waals surface area contributed by atoms with Crippen LogP contribution in [0.4, 0.5) is 0 Å². The Balaban J connectivity index is 1.67. The van der Waals surface area contributed by atoms with Crippen LogP contribution in [-0.4, -0.2) is 12.5 Å². The van der Waals surface area contributed by atoms with Crippen LogP contribution in [0.15, 0.2) is 51.0 Å². The van der Waals surface area contributed by atoms with Gasteiger partial charge >= 0.3 is 0 Å². The van der Waals surface area contributed by atoms with Gasteiger partial charge in [0.25, 0.3) is 0 Å². The molecule has 0 radical (unpaired) electrons. The van der Waals surface area contributed by atoms with Crippen molar-refractivity contribution in [3.8, 4) is 0 Å². The van der Waals surface area contributed by atoms with Crippen LogP contribution in [0.2, 0.25) is 0 Å². The quantitative estimate of drug-likeness (QED) is 0.471. The van der Waals surface area contributed by atoms with Crippen LogP contribution in [0.3, 0.4) is 0 Å². The predicted molar refractivity (Wildman–Crippen MR) is 125 cm³/mol. The van der Waals surface area contributed by atoms with E-state index in [1.54, 1.807) is 0 Å². The smallest absolute Gasteiger partial charge is 0.0548 e. The molecule has 3 rings (SSSR count). The summed E-state index contributed by atoms with van der Waals surface area (Å²) in [6.07, 6.45) is 8.87. The third-order valence-electron chi connectivity index (χ3n) is 3.35. The Morgan fingerprint density at radius 2 is 1.04 bits per heavy atom. The molecule has 126 valence electrons. The maximum Gasteiger partial charge on any atom is 0.0548 e. The van der Waals surface area contributed by atoms with Crippen molar-refractivity contribution in [3.05, 3.63) is 62.2 Å². The van der Waals surface area contributed by atoms with Crippen molar-refractivity contribution in [2.75, 3.05) is 12.5 Å². The lowest BCUT2D eigenvalue weighted by Gasteiger charge is -2.01. The summed E-state index contributed by atoms with van der Waals surface area (Å²) in [6.45, 7) is 4.41. The van der Waals surface area contributed by atoms with Crippen molar-refractivity contribution in [2.45, 2.75) is 13.8 Å². The zero-order valence-corrected chi connectivity index (χ0v) is 18.8. The van der Waals surface area contributed by atoms with Crippen molar-refractivity contribution in [3.63, 3.8) is 0 Å². The third-order valence-corrected chi connectivity index (χ3v) is 11.0. The fraction of sp³-hybridized carbons (Fsp3) is 0.222. The topological polar surface area (TPSA) is 0 Å². The molecule has 0 unspecified atom stereocenters. The highest BCUT2D eigenvalue weighted by atomic mass is 32.2. The first kappa shape index (κ1) is 19.1. The third kappa shape index (κ3) is 4.71. The Morgan fingerprint density at radius 1 is 0.667 bits per heavy atom. The summed E-state index contributed by atoms with van der Waals surface area (Å²) in [5.74, 6) is 0. The fourth-order valence-corrected chi connectivity index (χ4v) is 9.34. The van der Waals surface area contributed by atoms with E-state index in [0.717, 1.165) is 0 Å². The first-order valence-electron chi connectivity index (χ1n) is 7.33. The second-order valence-electron chi connectivity index (χ2n) is 5.10. The lowest BCUT2D eigenvalue weighted by Crippen LogP contribution is -1.76. The van der Waals surface area contributed by atoms with Crippen LogP contribution >= 0.6 is 70.6 Å². The molecule has 0 aromatic heterocycles. The average Bonchev–Trinajstić information content (AvgIpc) is 3.11. The summed E-state index contributed by atoms with van der Waals surface area (Å²) in [5, 5.41) is 0. The van der Waals surface area contributed by atoms with E-state index >= 15 is 0 Å². The summed E-state index contributed by atoms with van der Waals surface area (Å²) in [5.41, 5.74) is 2.54. The Hall–Kier alpha value is 0.280. The van der Waals surface area contributed by atoms with E-state index in [4.69, 9.17) is 0 Å². The Labute approximate surface area is 170 Å². The first-order valence-corrected chi connectivity index (χ1v) is 13.0. The predicted octanol–water partition coefficient (Wildman–Crippen LogP) is 8.35. The summed E-state index contributed by atoms with van der Waals surface area (Å²) in [4.78, 5) is 2.84. The number of allylic oxidation sites excluding steroid dienone is 2. The number of benzene rings is 1. The van der Waals surface area contributed by atoms with Crippen molar-refractivity contribution >= 4 is 82.7 Å². The van der Waals surface area contributed by atoms with Gasteiger partial charge in [-0.1, -0.05) is 71.3 Å². The standard InChI is InChI=1S/C18H18S6/c1-11-17(19-3)23-15(21-11)9-13-5-7-14(8-6-13)10-16-22-12(2)18(20-4)24-16/h5-10H,1-4H3. The molecule has 0 amide bonds. The molecular weight excluding hydrogens is 409 g/mol. The Kier molecular flexibility index (Phi) is 6.97. The van der Waals surface area contributed by atoms with Gasteiger partial charge in [0.05, 0.1) is 16.9 Å². The molecule has 0 saturated heterocycles. The maximum absolute atomic E-state index is 2.29. The highest BCUT2D eigenvalue weighted by Gasteiger charge is 2.18. The molecule has 2 heterocycles. The average molecular weight is 427 g/mol. The molecule has 0 nitrogen and oxygen atoms in total. The molecular formula is C18H18S6. The molecule has 0 atom stereocenters. The van der Waals surface area contributed by atoms with Gasteiger partial charge in [-0.2, -0.15) is 0 Å². The monoisotopic (exact) mass is 426 g/mol. The summed E-state index contributed by atoms with van der Waals surface area (Å²) >= 11 is 11.2. The molecule has 1 aromatic rings. The van der Waals surface area contributed by atoms with E-state index in [0.29, 0.717) is 0 Å². The Morgan fingerprint density at radius 3 is 1.33 bits per heavy atom. The van der Waals surface area contributed by atoms with Gasteiger partial charge in [0.1, 0.15) is 0 Å². The van der Waals surface area contributed by atoms with Crippen molar-refractivity contribution in [1.82, 2.24) is 0 Å². The van der Waals surface area contributed by atoms with Crippen molar-refractivity contribution < 1.29 is 0 Å². The molecule has 2 aliphatic heterocycles. The molecule has 1 aromatic carbocycles.